The fraction of sp³-hybridized carbons (Fsp3) is 0.0182. The lowest BCUT2D eigenvalue weighted by Gasteiger charge is -2.34. The number of benzene rings is 9. The van der Waals surface area contributed by atoms with Gasteiger partial charge in [-0.05, 0) is 92.5 Å². The molecule has 1 aromatic heterocycles. The summed E-state index contributed by atoms with van der Waals surface area (Å²) in [7, 11) is 0. The molecule has 0 N–H and O–H groups in total. The van der Waals surface area contributed by atoms with E-state index in [9.17, 15) is 0 Å². The Kier molecular flexibility index (Phi) is 7.98. The van der Waals surface area contributed by atoms with Crippen LogP contribution in [0, 0.1) is 0 Å². The predicted molar refractivity (Wildman–Crippen MR) is 242 cm³/mol. The van der Waals surface area contributed by atoms with E-state index in [1.165, 1.54) is 81.5 Å². The predicted octanol–water partition coefficient (Wildman–Crippen LogP) is 15.2. The Morgan fingerprint density at radius 1 is 0.351 bits per heavy atom. The quantitative estimate of drug-likeness (QED) is 0.157. The number of fused-ring (bicyclic) bond motifs is 6. The molecular weight excluding hydrogens is 707 g/mol. The SMILES string of the molecule is c1ccc(-c2ccc3sc4ccccc4c3c2N(c2ccccc2)c2ccc(-c3cccc(C4(c5ccccc5)c5ccccc5-c5ccccc54)c3)cc2)cc1. The van der Waals surface area contributed by atoms with Crippen LogP contribution in [-0.2, 0) is 5.41 Å². The number of para-hydroxylation sites is 1. The van der Waals surface area contributed by atoms with E-state index in [0.717, 1.165) is 11.4 Å². The Balaban J connectivity index is 1.09. The van der Waals surface area contributed by atoms with Crippen molar-refractivity contribution in [2.24, 2.45) is 0 Å². The molecule has 11 rings (SSSR count). The van der Waals surface area contributed by atoms with Gasteiger partial charge in [0.15, 0.2) is 0 Å². The van der Waals surface area contributed by atoms with E-state index in [2.05, 4.69) is 229 Å². The van der Waals surface area contributed by atoms with Gasteiger partial charge >= 0.3 is 0 Å². The minimum absolute atomic E-state index is 0.440. The number of hydrogen-bond acceptors (Lipinski definition) is 2. The van der Waals surface area contributed by atoms with E-state index >= 15 is 0 Å². The molecule has 9 aromatic carbocycles. The van der Waals surface area contributed by atoms with Gasteiger partial charge in [0.1, 0.15) is 0 Å². The van der Waals surface area contributed by atoms with Gasteiger partial charge in [0.05, 0.1) is 11.1 Å². The number of rotatable bonds is 7. The average Bonchev–Trinajstić information content (AvgIpc) is 3.82. The lowest BCUT2D eigenvalue weighted by atomic mass is 9.67. The molecule has 0 unspecified atom stereocenters. The number of anilines is 3. The van der Waals surface area contributed by atoms with Gasteiger partial charge in [-0.15, -0.1) is 11.3 Å². The third kappa shape index (κ3) is 5.29. The van der Waals surface area contributed by atoms with Crippen LogP contribution in [0.25, 0.3) is 53.6 Å². The highest BCUT2D eigenvalue weighted by molar-refractivity contribution is 7.26. The van der Waals surface area contributed by atoms with Crippen molar-refractivity contribution in [2.45, 2.75) is 5.41 Å². The second kappa shape index (κ2) is 13.6. The number of thiophene rings is 1. The topological polar surface area (TPSA) is 3.24 Å². The lowest BCUT2D eigenvalue weighted by Crippen LogP contribution is -2.28. The van der Waals surface area contributed by atoms with E-state index in [1.807, 2.05) is 11.3 Å². The molecule has 1 heterocycles. The molecule has 0 radical (unpaired) electrons. The second-order valence-electron chi connectivity index (χ2n) is 14.8. The van der Waals surface area contributed by atoms with Crippen molar-refractivity contribution in [2.75, 3.05) is 4.90 Å². The minimum Gasteiger partial charge on any atom is -0.309 e. The Bertz CT molecular complexity index is 3010. The summed E-state index contributed by atoms with van der Waals surface area (Å²) < 4.78 is 2.57. The first-order chi connectivity index (χ1) is 28.3. The highest BCUT2D eigenvalue weighted by atomic mass is 32.1. The molecule has 0 spiro atoms. The maximum absolute atomic E-state index is 2.46. The van der Waals surface area contributed by atoms with E-state index in [0.29, 0.717) is 0 Å². The van der Waals surface area contributed by atoms with Crippen LogP contribution < -0.4 is 4.90 Å². The summed E-state index contributed by atoms with van der Waals surface area (Å²) in [5.74, 6) is 0. The summed E-state index contributed by atoms with van der Waals surface area (Å²) in [5.41, 5.74) is 15.6. The van der Waals surface area contributed by atoms with Crippen LogP contribution in [0.5, 0.6) is 0 Å². The maximum atomic E-state index is 2.46. The molecule has 10 aromatic rings. The monoisotopic (exact) mass is 743 g/mol. The molecule has 2 heteroatoms. The fourth-order valence-corrected chi connectivity index (χ4v) is 10.4. The van der Waals surface area contributed by atoms with Gasteiger partial charge in [0.25, 0.3) is 0 Å². The van der Waals surface area contributed by atoms with Crippen LogP contribution in [-0.4, -0.2) is 0 Å². The zero-order valence-electron chi connectivity index (χ0n) is 31.2. The van der Waals surface area contributed by atoms with Crippen molar-refractivity contribution in [1.82, 2.24) is 0 Å². The van der Waals surface area contributed by atoms with Gasteiger partial charge in [0, 0.05) is 37.1 Å². The summed E-state index contributed by atoms with van der Waals surface area (Å²) in [6.07, 6.45) is 0. The fourth-order valence-electron chi connectivity index (χ4n) is 9.31. The molecular formula is C55H37NS. The Morgan fingerprint density at radius 2 is 0.912 bits per heavy atom. The average molecular weight is 744 g/mol. The van der Waals surface area contributed by atoms with Crippen molar-refractivity contribution >= 4 is 48.6 Å². The third-order valence-electron chi connectivity index (χ3n) is 11.8. The van der Waals surface area contributed by atoms with Gasteiger partial charge in [0.2, 0.25) is 0 Å². The first-order valence-corrected chi connectivity index (χ1v) is 20.4. The van der Waals surface area contributed by atoms with Gasteiger partial charge in [-0.2, -0.15) is 0 Å². The van der Waals surface area contributed by atoms with Crippen molar-refractivity contribution in [1.29, 1.82) is 0 Å². The van der Waals surface area contributed by atoms with Crippen LogP contribution in [0.4, 0.5) is 17.1 Å². The molecule has 0 saturated heterocycles. The van der Waals surface area contributed by atoms with Crippen LogP contribution >= 0.6 is 11.3 Å². The zero-order valence-corrected chi connectivity index (χ0v) is 32.0. The summed E-state index contributed by atoms with van der Waals surface area (Å²) in [4.78, 5) is 2.46. The summed E-state index contributed by atoms with van der Waals surface area (Å²) >= 11 is 1.86. The maximum Gasteiger partial charge on any atom is 0.0713 e. The minimum atomic E-state index is -0.440. The smallest absolute Gasteiger partial charge is 0.0713 e. The molecule has 0 amide bonds. The van der Waals surface area contributed by atoms with Gasteiger partial charge in [-0.3, -0.25) is 0 Å². The first kappa shape index (κ1) is 33.3. The highest BCUT2D eigenvalue weighted by Crippen LogP contribution is 2.56. The third-order valence-corrected chi connectivity index (χ3v) is 12.9. The van der Waals surface area contributed by atoms with Crippen LogP contribution in [0.2, 0.25) is 0 Å². The standard InChI is InChI=1S/C55H37NS/c1-4-17-39(18-5-1)45-35-36-52-53(48-27-12-15-30-51(48)57-52)54(45)56(43-23-8-3-9-24-43)44-33-31-38(32-34-44)40-19-16-22-42(37-40)55(41-20-6-2-7-21-41)49-28-13-10-25-46(49)47-26-11-14-29-50(47)55/h1-37H. The largest absolute Gasteiger partial charge is 0.309 e. The van der Waals surface area contributed by atoms with Gasteiger partial charge in [-0.25, -0.2) is 0 Å². The zero-order chi connectivity index (χ0) is 37.8. The lowest BCUT2D eigenvalue weighted by molar-refractivity contribution is 0.769. The normalized spacial score (nSPS) is 12.7. The molecule has 1 aliphatic carbocycles. The van der Waals surface area contributed by atoms with Crippen LogP contribution in [0.3, 0.4) is 0 Å². The molecule has 1 aliphatic rings. The molecule has 0 atom stereocenters. The van der Waals surface area contributed by atoms with Crippen molar-refractivity contribution < 1.29 is 0 Å². The molecule has 1 nitrogen and oxygen atoms in total. The second-order valence-corrected chi connectivity index (χ2v) is 15.9. The molecule has 0 aliphatic heterocycles. The van der Waals surface area contributed by atoms with Crippen molar-refractivity contribution in [3.05, 3.63) is 247 Å². The Morgan fingerprint density at radius 3 is 1.63 bits per heavy atom. The molecule has 0 fully saturated rings. The summed E-state index contributed by atoms with van der Waals surface area (Å²) in [6, 6.07) is 82.4. The molecule has 57 heavy (non-hydrogen) atoms. The molecule has 0 saturated carbocycles. The van der Waals surface area contributed by atoms with E-state index in [-0.39, 0.29) is 0 Å². The van der Waals surface area contributed by atoms with Gasteiger partial charge in [-0.1, -0.05) is 182 Å². The molecule has 268 valence electrons. The van der Waals surface area contributed by atoms with E-state index in [1.54, 1.807) is 0 Å². The van der Waals surface area contributed by atoms with Crippen molar-refractivity contribution in [3.63, 3.8) is 0 Å². The van der Waals surface area contributed by atoms with Gasteiger partial charge < -0.3 is 4.90 Å². The van der Waals surface area contributed by atoms with Crippen molar-refractivity contribution in [3.8, 4) is 33.4 Å². The summed E-state index contributed by atoms with van der Waals surface area (Å²) in [6.45, 7) is 0. The molecule has 0 bridgehead atoms. The Hall–Kier alpha value is -7.00. The Labute approximate surface area is 337 Å². The van der Waals surface area contributed by atoms with Crippen LogP contribution in [0.15, 0.2) is 224 Å². The van der Waals surface area contributed by atoms with Crippen LogP contribution in [0.1, 0.15) is 22.3 Å². The number of hydrogen-bond donors (Lipinski definition) is 0. The summed E-state index contributed by atoms with van der Waals surface area (Å²) in [5, 5.41) is 2.56. The van der Waals surface area contributed by atoms with E-state index in [4.69, 9.17) is 0 Å². The first-order valence-electron chi connectivity index (χ1n) is 19.6. The number of nitrogens with zero attached hydrogens (tertiary/aromatic N) is 1. The highest BCUT2D eigenvalue weighted by Gasteiger charge is 2.45. The van der Waals surface area contributed by atoms with E-state index < -0.39 is 5.41 Å².